The van der Waals surface area contributed by atoms with Crippen molar-refractivity contribution in [3.05, 3.63) is 51.2 Å². The topological polar surface area (TPSA) is 24.5 Å². The van der Waals surface area contributed by atoms with Gasteiger partial charge in [-0.2, -0.15) is 0 Å². The van der Waals surface area contributed by atoms with Crippen LogP contribution in [-0.4, -0.2) is 25.1 Å². The third-order valence-corrected chi connectivity index (χ3v) is 4.94. The SMILES string of the molecule is CNCc1cc(CN2CCOc3ccccc3C2)c(C)s1. The predicted octanol–water partition coefficient (Wildman–Crippen LogP) is 3.17. The Morgan fingerprint density at radius 2 is 2.19 bits per heavy atom. The molecule has 2 aromatic rings. The summed E-state index contributed by atoms with van der Waals surface area (Å²) in [6.07, 6.45) is 0. The molecule has 1 aliphatic rings. The van der Waals surface area contributed by atoms with Crippen molar-refractivity contribution in [1.82, 2.24) is 10.2 Å². The number of nitrogens with one attached hydrogen (secondary N) is 1. The molecule has 3 rings (SSSR count). The van der Waals surface area contributed by atoms with Crippen molar-refractivity contribution >= 4 is 11.3 Å². The van der Waals surface area contributed by atoms with Gasteiger partial charge in [-0.1, -0.05) is 18.2 Å². The lowest BCUT2D eigenvalue weighted by atomic mass is 10.1. The van der Waals surface area contributed by atoms with Crippen molar-refractivity contribution in [1.29, 1.82) is 0 Å². The largest absolute Gasteiger partial charge is 0.492 e. The van der Waals surface area contributed by atoms with Crippen LogP contribution in [0.15, 0.2) is 30.3 Å². The Bertz CT molecular complexity index is 609. The van der Waals surface area contributed by atoms with E-state index in [1.807, 2.05) is 24.5 Å². The van der Waals surface area contributed by atoms with Crippen molar-refractivity contribution < 1.29 is 4.74 Å². The van der Waals surface area contributed by atoms with Crippen molar-refractivity contribution in [3.8, 4) is 5.75 Å². The number of fused-ring (bicyclic) bond motifs is 1. The van der Waals surface area contributed by atoms with Gasteiger partial charge in [0.15, 0.2) is 0 Å². The van der Waals surface area contributed by atoms with E-state index < -0.39 is 0 Å². The summed E-state index contributed by atoms with van der Waals surface area (Å²) in [5, 5.41) is 3.23. The molecule has 2 heterocycles. The molecule has 21 heavy (non-hydrogen) atoms. The maximum atomic E-state index is 5.84. The lowest BCUT2D eigenvalue weighted by Gasteiger charge is -2.19. The highest BCUT2D eigenvalue weighted by Gasteiger charge is 2.16. The lowest BCUT2D eigenvalue weighted by molar-refractivity contribution is 0.219. The highest BCUT2D eigenvalue weighted by Crippen LogP contribution is 2.26. The Morgan fingerprint density at radius 1 is 1.33 bits per heavy atom. The van der Waals surface area contributed by atoms with Crippen LogP contribution in [-0.2, 0) is 19.6 Å². The Morgan fingerprint density at radius 3 is 3.05 bits per heavy atom. The molecule has 0 bridgehead atoms. The van der Waals surface area contributed by atoms with E-state index in [4.69, 9.17) is 4.74 Å². The van der Waals surface area contributed by atoms with Crippen LogP contribution in [0.2, 0.25) is 0 Å². The van der Waals surface area contributed by atoms with Gasteiger partial charge >= 0.3 is 0 Å². The standard InChI is InChI=1S/C17H22N2OS/c1-13-15(9-16(21-13)10-18-2)12-19-7-8-20-17-6-4-3-5-14(17)11-19/h3-6,9,18H,7-8,10-12H2,1-2H3. The zero-order chi connectivity index (χ0) is 14.7. The number of ether oxygens (including phenoxy) is 1. The molecule has 4 heteroatoms. The fraction of sp³-hybridized carbons (Fsp3) is 0.412. The van der Waals surface area contributed by atoms with Crippen molar-refractivity contribution in [2.45, 2.75) is 26.6 Å². The van der Waals surface area contributed by atoms with Crippen LogP contribution in [0.3, 0.4) is 0 Å². The molecule has 0 fully saturated rings. The molecule has 1 aliphatic heterocycles. The van der Waals surface area contributed by atoms with Crippen molar-refractivity contribution in [3.63, 3.8) is 0 Å². The highest BCUT2D eigenvalue weighted by atomic mass is 32.1. The molecule has 0 saturated carbocycles. The van der Waals surface area contributed by atoms with Gasteiger partial charge in [0, 0.05) is 41.5 Å². The zero-order valence-electron chi connectivity index (χ0n) is 12.7. The first-order valence-electron chi connectivity index (χ1n) is 7.42. The van der Waals surface area contributed by atoms with Gasteiger partial charge in [-0.05, 0) is 31.7 Å². The molecule has 0 radical (unpaired) electrons. The first-order valence-corrected chi connectivity index (χ1v) is 8.24. The van der Waals surface area contributed by atoms with E-state index in [0.29, 0.717) is 0 Å². The van der Waals surface area contributed by atoms with Gasteiger partial charge in [0.25, 0.3) is 0 Å². The normalized spacial score (nSPS) is 15.3. The molecule has 0 unspecified atom stereocenters. The van der Waals surface area contributed by atoms with Gasteiger partial charge in [-0.15, -0.1) is 11.3 Å². The van der Waals surface area contributed by atoms with Gasteiger partial charge in [-0.3, -0.25) is 4.90 Å². The quantitative estimate of drug-likeness (QED) is 0.939. The monoisotopic (exact) mass is 302 g/mol. The molecule has 0 amide bonds. The summed E-state index contributed by atoms with van der Waals surface area (Å²) in [5.74, 6) is 1.04. The number of aryl methyl sites for hydroxylation is 1. The van der Waals surface area contributed by atoms with Gasteiger partial charge in [0.1, 0.15) is 12.4 Å². The van der Waals surface area contributed by atoms with Crippen LogP contribution in [0.5, 0.6) is 5.75 Å². The number of para-hydroxylation sites is 1. The average molecular weight is 302 g/mol. The summed E-state index contributed by atoms with van der Waals surface area (Å²) in [7, 11) is 2.00. The second-order valence-corrected chi connectivity index (χ2v) is 6.83. The van der Waals surface area contributed by atoms with Crippen molar-refractivity contribution in [2.75, 3.05) is 20.2 Å². The van der Waals surface area contributed by atoms with E-state index in [2.05, 4.69) is 41.4 Å². The Kier molecular flexibility index (Phi) is 4.58. The van der Waals surface area contributed by atoms with Gasteiger partial charge in [-0.25, -0.2) is 0 Å². The number of nitrogens with zero attached hydrogens (tertiary/aromatic N) is 1. The van der Waals surface area contributed by atoms with Crippen LogP contribution < -0.4 is 10.1 Å². The zero-order valence-corrected chi connectivity index (χ0v) is 13.5. The summed E-state index contributed by atoms with van der Waals surface area (Å²) in [6.45, 7) is 6.89. The lowest BCUT2D eigenvalue weighted by Crippen LogP contribution is -2.25. The molecule has 1 aromatic carbocycles. The van der Waals surface area contributed by atoms with Crippen molar-refractivity contribution in [2.24, 2.45) is 0 Å². The van der Waals surface area contributed by atoms with Crippen LogP contribution in [0, 0.1) is 6.92 Å². The van der Waals surface area contributed by atoms with Crippen LogP contribution in [0.25, 0.3) is 0 Å². The summed E-state index contributed by atoms with van der Waals surface area (Å²) in [6, 6.07) is 10.7. The van der Waals surface area contributed by atoms with Crippen LogP contribution >= 0.6 is 11.3 Å². The number of benzene rings is 1. The minimum Gasteiger partial charge on any atom is -0.492 e. The summed E-state index contributed by atoms with van der Waals surface area (Å²) in [5.41, 5.74) is 2.74. The Labute approximate surface area is 130 Å². The number of hydrogen-bond donors (Lipinski definition) is 1. The van der Waals surface area contributed by atoms with E-state index in [9.17, 15) is 0 Å². The Balaban J connectivity index is 1.73. The maximum absolute atomic E-state index is 5.84. The minimum atomic E-state index is 0.767. The minimum absolute atomic E-state index is 0.767. The molecule has 1 aromatic heterocycles. The Hall–Kier alpha value is -1.36. The summed E-state index contributed by atoms with van der Waals surface area (Å²) >= 11 is 1.90. The van der Waals surface area contributed by atoms with Gasteiger partial charge < -0.3 is 10.1 Å². The fourth-order valence-corrected chi connectivity index (χ4v) is 3.83. The predicted molar refractivity (Wildman–Crippen MR) is 87.9 cm³/mol. The third kappa shape index (κ3) is 3.46. The molecule has 3 nitrogen and oxygen atoms in total. The van der Waals surface area contributed by atoms with E-state index in [1.54, 1.807) is 0 Å². The second-order valence-electron chi connectivity index (χ2n) is 5.49. The molecule has 0 saturated heterocycles. The fourth-order valence-electron chi connectivity index (χ4n) is 2.76. The molecule has 0 aliphatic carbocycles. The van der Waals surface area contributed by atoms with E-state index in [-0.39, 0.29) is 0 Å². The maximum Gasteiger partial charge on any atom is 0.123 e. The van der Waals surface area contributed by atoms with Crippen LogP contribution in [0.1, 0.15) is 20.9 Å². The molecular formula is C17H22N2OS. The molecule has 0 atom stereocenters. The first-order chi connectivity index (χ1) is 10.3. The third-order valence-electron chi connectivity index (χ3n) is 3.85. The second kappa shape index (κ2) is 6.60. The van der Waals surface area contributed by atoms with E-state index in [1.165, 1.54) is 20.9 Å². The number of hydrogen-bond acceptors (Lipinski definition) is 4. The van der Waals surface area contributed by atoms with E-state index in [0.717, 1.165) is 38.5 Å². The van der Waals surface area contributed by atoms with Gasteiger partial charge in [0.05, 0.1) is 0 Å². The highest BCUT2D eigenvalue weighted by molar-refractivity contribution is 7.12. The average Bonchev–Trinajstić information content (AvgIpc) is 2.70. The number of rotatable bonds is 4. The van der Waals surface area contributed by atoms with Crippen LogP contribution in [0.4, 0.5) is 0 Å². The first kappa shape index (κ1) is 14.6. The molecule has 1 N–H and O–H groups in total. The summed E-state index contributed by atoms with van der Waals surface area (Å²) in [4.78, 5) is 5.32. The molecular weight excluding hydrogens is 280 g/mol. The van der Waals surface area contributed by atoms with E-state index >= 15 is 0 Å². The molecule has 0 spiro atoms. The summed E-state index contributed by atoms with van der Waals surface area (Å²) < 4.78 is 5.84. The van der Waals surface area contributed by atoms with Gasteiger partial charge in [0.2, 0.25) is 0 Å². The smallest absolute Gasteiger partial charge is 0.123 e. The molecule has 112 valence electrons. The number of thiophene rings is 1.